The van der Waals surface area contributed by atoms with Crippen LogP contribution in [0.5, 0.6) is 0 Å². The summed E-state index contributed by atoms with van der Waals surface area (Å²) in [5.74, 6) is 6.35. The van der Waals surface area contributed by atoms with E-state index in [1.807, 2.05) is 0 Å². The average Bonchev–Trinajstić information content (AvgIpc) is 3.06. The molecule has 0 aromatic carbocycles. The molecule has 0 radical (unpaired) electrons. The molecular weight excluding hydrogens is 364 g/mol. The van der Waals surface area contributed by atoms with Crippen LogP contribution in [0, 0.1) is 58.2 Å². The predicted molar refractivity (Wildman–Crippen MR) is 128 cm³/mol. The molecule has 4 fully saturated rings. The number of hydrogen-bond donors (Lipinski definition) is 1. The van der Waals surface area contributed by atoms with E-state index >= 15 is 0 Å². The van der Waals surface area contributed by atoms with E-state index in [2.05, 4.69) is 48.1 Å². The van der Waals surface area contributed by atoms with Gasteiger partial charge in [0.25, 0.3) is 0 Å². The minimum atomic E-state index is -0.0547. The van der Waals surface area contributed by atoms with Crippen molar-refractivity contribution >= 4 is 0 Å². The minimum Gasteiger partial charge on any atom is -0.393 e. The normalized spacial score (nSPS) is 49.3. The summed E-state index contributed by atoms with van der Waals surface area (Å²) in [5, 5.41) is 10.5. The van der Waals surface area contributed by atoms with Crippen molar-refractivity contribution < 1.29 is 5.11 Å². The van der Waals surface area contributed by atoms with Crippen LogP contribution >= 0.6 is 0 Å². The second kappa shape index (κ2) is 8.24. The van der Waals surface area contributed by atoms with Gasteiger partial charge in [0.15, 0.2) is 0 Å². The van der Waals surface area contributed by atoms with Crippen LogP contribution in [0.4, 0.5) is 0 Å². The monoisotopic (exact) mass is 414 g/mol. The molecule has 0 heterocycles. The molecule has 1 N–H and O–H groups in total. The van der Waals surface area contributed by atoms with Crippen LogP contribution in [0.2, 0.25) is 0 Å². The van der Waals surface area contributed by atoms with E-state index in [-0.39, 0.29) is 6.10 Å². The summed E-state index contributed by atoms with van der Waals surface area (Å²) < 4.78 is 0. The molecule has 0 amide bonds. The number of hydrogen-bond acceptors (Lipinski definition) is 1. The first kappa shape index (κ1) is 22.9. The molecular formula is C29H50O. The molecule has 30 heavy (non-hydrogen) atoms. The van der Waals surface area contributed by atoms with E-state index < -0.39 is 0 Å². The van der Waals surface area contributed by atoms with E-state index in [0.29, 0.717) is 16.7 Å². The van der Waals surface area contributed by atoms with Gasteiger partial charge in [-0.25, -0.2) is 0 Å². The lowest BCUT2D eigenvalue weighted by Gasteiger charge is -2.62. The Bertz CT molecular complexity index is 636. The van der Waals surface area contributed by atoms with Gasteiger partial charge in [-0.15, -0.1) is 0 Å². The van der Waals surface area contributed by atoms with Gasteiger partial charge in [-0.2, -0.15) is 0 Å². The van der Waals surface area contributed by atoms with Crippen LogP contribution in [-0.4, -0.2) is 11.2 Å². The lowest BCUT2D eigenvalue weighted by molar-refractivity contribution is -0.146. The van der Waals surface area contributed by atoms with E-state index in [0.717, 1.165) is 47.8 Å². The number of aliphatic hydroxyl groups excluding tert-OH is 1. The summed E-state index contributed by atoms with van der Waals surface area (Å²) in [6.45, 7) is 19.4. The van der Waals surface area contributed by atoms with Gasteiger partial charge in [-0.05, 0) is 122 Å². The zero-order chi connectivity index (χ0) is 21.8. The summed E-state index contributed by atoms with van der Waals surface area (Å²) in [7, 11) is 0. The van der Waals surface area contributed by atoms with E-state index in [1.54, 1.807) is 5.57 Å². The Hall–Kier alpha value is -0.300. The van der Waals surface area contributed by atoms with Gasteiger partial charge in [0.2, 0.25) is 0 Å². The lowest BCUT2D eigenvalue weighted by Crippen LogP contribution is -2.56. The molecule has 0 aliphatic heterocycles. The van der Waals surface area contributed by atoms with Crippen molar-refractivity contribution in [3.8, 4) is 0 Å². The highest BCUT2D eigenvalue weighted by Crippen LogP contribution is 2.68. The number of aliphatic hydroxyl groups is 1. The van der Waals surface area contributed by atoms with Crippen molar-refractivity contribution in [2.24, 2.45) is 58.2 Å². The fraction of sp³-hybridized carbons (Fsp3) is 0.931. The van der Waals surface area contributed by atoms with Gasteiger partial charge in [0, 0.05) is 0 Å². The standard InChI is InChI=1S/C29H50O/c1-18(2)19(3)8-9-20(4)23-12-13-25-22-10-11-24-21(5)27(30)15-17-29(24,7)26(22)14-16-28(23,25)6/h18-19,21-27,30H,4,8-17H2,1-3,5-7H3/t19?,21-,22-,23+,24-,25-,26-,27-,28+,29-/m0/s1. The molecule has 4 saturated carbocycles. The summed E-state index contributed by atoms with van der Waals surface area (Å²) in [4.78, 5) is 0. The van der Waals surface area contributed by atoms with Crippen LogP contribution in [-0.2, 0) is 0 Å². The van der Waals surface area contributed by atoms with E-state index in [9.17, 15) is 5.11 Å². The second-order valence-electron chi connectivity index (χ2n) is 13.1. The SMILES string of the molecule is C=C(CCC(C)C(C)C)[C@H]1CC[C@H]2[C@@H]3CC[C@H]4[C@H](C)[C@@H](O)CC[C@]4(C)[C@H]3CC[C@]12C. The Morgan fingerprint density at radius 3 is 2.23 bits per heavy atom. The summed E-state index contributed by atoms with van der Waals surface area (Å²) in [6.07, 6.45) is 13.3. The fourth-order valence-corrected chi connectivity index (χ4v) is 9.30. The predicted octanol–water partition coefficient (Wildman–Crippen LogP) is 7.88. The Morgan fingerprint density at radius 1 is 0.900 bits per heavy atom. The Balaban J connectivity index is 1.48. The summed E-state index contributed by atoms with van der Waals surface area (Å²) in [6, 6.07) is 0. The van der Waals surface area contributed by atoms with Crippen LogP contribution in [0.3, 0.4) is 0 Å². The third-order valence-corrected chi connectivity index (χ3v) is 11.7. The minimum absolute atomic E-state index is 0.0547. The first-order valence-electron chi connectivity index (χ1n) is 13.4. The van der Waals surface area contributed by atoms with Gasteiger partial charge in [0.1, 0.15) is 0 Å². The van der Waals surface area contributed by atoms with Crippen molar-refractivity contribution in [1.82, 2.24) is 0 Å². The number of fused-ring (bicyclic) bond motifs is 5. The zero-order valence-electron chi connectivity index (χ0n) is 20.9. The largest absolute Gasteiger partial charge is 0.393 e. The van der Waals surface area contributed by atoms with Crippen LogP contribution < -0.4 is 0 Å². The molecule has 4 aliphatic rings. The van der Waals surface area contributed by atoms with E-state index in [4.69, 9.17) is 0 Å². The zero-order valence-corrected chi connectivity index (χ0v) is 20.9. The molecule has 1 unspecified atom stereocenters. The third-order valence-electron chi connectivity index (χ3n) is 11.7. The molecule has 0 aromatic rings. The van der Waals surface area contributed by atoms with Crippen molar-refractivity contribution in [2.45, 2.75) is 112 Å². The maximum atomic E-state index is 10.5. The van der Waals surface area contributed by atoms with Gasteiger partial charge in [0.05, 0.1) is 6.10 Å². The molecule has 1 nitrogen and oxygen atoms in total. The Kier molecular flexibility index (Phi) is 6.28. The number of allylic oxidation sites excluding steroid dienone is 1. The maximum Gasteiger partial charge on any atom is 0.0568 e. The van der Waals surface area contributed by atoms with Gasteiger partial charge < -0.3 is 5.11 Å². The van der Waals surface area contributed by atoms with Gasteiger partial charge >= 0.3 is 0 Å². The first-order valence-corrected chi connectivity index (χ1v) is 13.4. The van der Waals surface area contributed by atoms with Crippen LogP contribution in [0.1, 0.15) is 106 Å². The highest BCUT2D eigenvalue weighted by atomic mass is 16.3. The lowest BCUT2D eigenvalue weighted by atomic mass is 9.43. The van der Waals surface area contributed by atoms with Crippen LogP contribution in [0.25, 0.3) is 0 Å². The fourth-order valence-electron chi connectivity index (χ4n) is 9.30. The molecule has 0 bridgehead atoms. The number of rotatable bonds is 5. The average molecular weight is 415 g/mol. The molecule has 4 aliphatic carbocycles. The van der Waals surface area contributed by atoms with Crippen LogP contribution in [0.15, 0.2) is 12.2 Å². The smallest absolute Gasteiger partial charge is 0.0568 e. The van der Waals surface area contributed by atoms with E-state index in [1.165, 1.54) is 57.8 Å². The molecule has 0 spiro atoms. The second-order valence-corrected chi connectivity index (χ2v) is 13.1. The molecule has 10 atom stereocenters. The molecule has 0 saturated heterocycles. The highest BCUT2D eigenvalue weighted by molar-refractivity contribution is 5.16. The maximum absolute atomic E-state index is 10.5. The van der Waals surface area contributed by atoms with Crippen molar-refractivity contribution in [2.75, 3.05) is 0 Å². The topological polar surface area (TPSA) is 20.2 Å². The molecule has 172 valence electrons. The van der Waals surface area contributed by atoms with Crippen molar-refractivity contribution in [1.29, 1.82) is 0 Å². The quantitative estimate of drug-likeness (QED) is 0.454. The van der Waals surface area contributed by atoms with Gasteiger partial charge in [-0.1, -0.05) is 53.7 Å². The highest BCUT2D eigenvalue weighted by Gasteiger charge is 2.61. The Morgan fingerprint density at radius 2 is 1.53 bits per heavy atom. The molecule has 0 aromatic heterocycles. The van der Waals surface area contributed by atoms with Crippen molar-refractivity contribution in [3.05, 3.63) is 12.2 Å². The molecule has 1 heteroatoms. The van der Waals surface area contributed by atoms with Crippen molar-refractivity contribution in [3.63, 3.8) is 0 Å². The first-order chi connectivity index (χ1) is 14.1. The third kappa shape index (κ3) is 3.54. The Labute approximate surface area is 187 Å². The summed E-state index contributed by atoms with van der Waals surface area (Å²) in [5.41, 5.74) is 2.56. The molecule has 4 rings (SSSR count). The summed E-state index contributed by atoms with van der Waals surface area (Å²) >= 11 is 0. The van der Waals surface area contributed by atoms with Gasteiger partial charge in [-0.3, -0.25) is 0 Å².